The van der Waals surface area contributed by atoms with Crippen molar-refractivity contribution in [1.82, 2.24) is 9.80 Å². The van der Waals surface area contributed by atoms with Gasteiger partial charge in [-0.05, 0) is 23.8 Å². The molecule has 3 rings (SSSR count). The summed E-state index contributed by atoms with van der Waals surface area (Å²) in [7, 11) is 8.28. The Hall–Kier alpha value is -3.22. The first-order valence-corrected chi connectivity index (χ1v) is 12.1. The standard InChI is InChI=1S/C23H31BrN2O5.C2H2O4/c1-27-19-13-23(31-5)21(29-3)11-17(19)15-26-8-6-25(7-9-26)14-16-10-20(28-2)22(30-4)12-18(16)24;3-1(4)2(5)6/h10-13H,6-9,14-15H2,1-5H3;(H,3,4)(H,5,6). The number of ether oxygens (including phenoxy) is 5. The van der Waals surface area contributed by atoms with Crippen LogP contribution in [0.15, 0.2) is 28.7 Å². The van der Waals surface area contributed by atoms with Gasteiger partial charge in [0.05, 0.1) is 35.5 Å². The normalized spacial score (nSPS) is 13.7. The van der Waals surface area contributed by atoms with E-state index in [1.807, 2.05) is 24.3 Å². The monoisotopic (exact) mass is 584 g/mol. The summed E-state index contributed by atoms with van der Waals surface area (Å²) < 4.78 is 28.3. The molecule has 1 fully saturated rings. The summed E-state index contributed by atoms with van der Waals surface area (Å²) in [5.74, 6) is 0.0367. The van der Waals surface area contributed by atoms with Crippen LogP contribution in [0.5, 0.6) is 28.7 Å². The topological polar surface area (TPSA) is 127 Å². The number of carboxylic acids is 2. The van der Waals surface area contributed by atoms with E-state index in [0.717, 1.165) is 72.3 Å². The van der Waals surface area contributed by atoms with Crippen molar-refractivity contribution in [2.24, 2.45) is 0 Å². The molecule has 2 aromatic carbocycles. The number of halogens is 1. The highest BCUT2D eigenvalue weighted by atomic mass is 79.9. The van der Waals surface area contributed by atoms with Gasteiger partial charge in [-0.15, -0.1) is 0 Å². The molecule has 37 heavy (non-hydrogen) atoms. The van der Waals surface area contributed by atoms with E-state index in [1.54, 1.807) is 35.5 Å². The lowest BCUT2D eigenvalue weighted by molar-refractivity contribution is -0.159. The first-order valence-electron chi connectivity index (χ1n) is 11.3. The third-order valence-corrected chi connectivity index (χ3v) is 6.51. The lowest BCUT2D eigenvalue weighted by Gasteiger charge is -2.35. The predicted molar refractivity (Wildman–Crippen MR) is 139 cm³/mol. The fraction of sp³-hybridized carbons (Fsp3) is 0.440. The molecule has 0 bridgehead atoms. The third kappa shape index (κ3) is 8.41. The summed E-state index contributed by atoms with van der Waals surface area (Å²) in [5.41, 5.74) is 2.28. The lowest BCUT2D eigenvalue weighted by atomic mass is 10.1. The number of hydrogen-bond acceptors (Lipinski definition) is 9. The number of hydrogen-bond donors (Lipinski definition) is 2. The lowest BCUT2D eigenvalue weighted by Crippen LogP contribution is -2.45. The number of aliphatic carboxylic acids is 2. The molecule has 1 saturated heterocycles. The molecule has 1 aliphatic rings. The molecule has 204 valence electrons. The second-order valence-corrected chi connectivity index (χ2v) is 8.83. The quantitative estimate of drug-likeness (QED) is 0.422. The Morgan fingerprint density at radius 2 is 1.00 bits per heavy atom. The van der Waals surface area contributed by atoms with Gasteiger partial charge in [-0.1, -0.05) is 15.9 Å². The molecule has 0 aromatic heterocycles. The Morgan fingerprint density at radius 3 is 1.41 bits per heavy atom. The Balaban J connectivity index is 0.000000717. The molecule has 1 heterocycles. The van der Waals surface area contributed by atoms with Crippen molar-refractivity contribution in [3.05, 3.63) is 39.9 Å². The number of piperazine rings is 1. The number of methoxy groups -OCH3 is 5. The molecule has 2 N–H and O–H groups in total. The minimum absolute atomic E-state index is 0.674. The summed E-state index contributed by atoms with van der Waals surface area (Å²) >= 11 is 3.67. The van der Waals surface area contributed by atoms with E-state index in [1.165, 1.54) is 5.56 Å². The molecule has 12 heteroatoms. The van der Waals surface area contributed by atoms with Crippen molar-refractivity contribution in [2.75, 3.05) is 61.7 Å². The van der Waals surface area contributed by atoms with Crippen LogP contribution in [0.1, 0.15) is 11.1 Å². The van der Waals surface area contributed by atoms with E-state index in [4.69, 9.17) is 43.5 Å². The van der Waals surface area contributed by atoms with E-state index >= 15 is 0 Å². The van der Waals surface area contributed by atoms with Crippen LogP contribution in [-0.2, 0) is 22.7 Å². The van der Waals surface area contributed by atoms with Crippen molar-refractivity contribution >= 4 is 27.9 Å². The maximum Gasteiger partial charge on any atom is 0.414 e. The Morgan fingerprint density at radius 1 is 0.649 bits per heavy atom. The van der Waals surface area contributed by atoms with Gasteiger partial charge in [0.2, 0.25) is 0 Å². The van der Waals surface area contributed by atoms with Gasteiger partial charge >= 0.3 is 11.9 Å². The van der Waals surface area contributed by atoms with Crippen LogP contribution in [0.3, 0.4) is 0 Å². The van der Waals surface area contributed by atoms with E-state index in [0.29, 0.717) is 5.75 Å². The van der Waals surface area contributed by atoms with E-state index < -0.39 is 11.9 Å². The Bertz CT molecular complexity index is 1060. The average Bonchev–Trinajstić information content (AvgIpc) is 2.90. The molecular weight excluding hydrogens is 552 g/mol. The zero-order valence-corrected chi connectivity index (χ0v) is 23.2. The van der Waals surface area contributed by atoms with Crippen LogP contribution in [0, 0.1) is 0 Å². The Kier molecular flexibility index (Phi) is 11.8. The summed E-state index contributed by atoms with van der Waals surface area (Å²) in [6.07, 6.45) is 0. The Labute approximate surface area is 224 Å². The van der Waals surface area contributed by atoms with Gasteiger partial charge in [0.15, 0.2) is 23.0 Å². The van der Waals surface area contributed by atoms with Gasteiger partial charge in [-0.2, -0.15) is 0 Å². The van der Waals surface area contributed by atoms with E-state index in [2.05, 4.69) is 25.7 Å². The van der Waals surface area contributed by atoms with Crippen LogP contribution in [0.2, 0.25) is 0 Å². The van der Waals surface area contributed by atoms with Crippen molar-refractivity contribution < 1.29 is 43.5 Å². The molecule has 0 saturated carbocycles. The third-order valence-electron chi connectivity index (χ3n) is 5.77. The molecule has 0 spiro atoms. The van der Waals surface area contributed by atoms with E-state index in [9.17, 15) is 0 Å². The molecular formula is C25H33BrN2O9. The van der Waals surface area contributed by atoms with E-state index in [-0.39, 0.29) is 0 Å². The summed E-state index contributed by atoms with van der Waals surface area (Å²) in [5, 5.41) is 14.8. The van der Waals surface area contributed by atoms with Crippen molar-refractivity contribution in [2.45, 2.75) is 13.1 Å². The van der Waals surface area contributed by atoms with Crippen LogP contribution in [-0.4, -0.2) is 93.7 Å². The molecule has 11 nitrogen and oxygen atoms in total. The van der Waals surface area contributed by atoms with Crippen LogP contribution >= 0.6 is 15.9 Å². The fourth-order valence-electron chi connectivity index (χ4n) is 3.82. The van der Waals surface area contributed by atoms with Crippen molar-refractivity contribution in [3.63, 3.8) is 0 Å². The largest absolute Gasteiger partial charge is 0.496 e. The van der Waals surface area contributed by atoms with Gasteiger partial charge in [0.25, 0.3) is 0 Å². The maximum absolute atomic E-state index is 9.10. The van der Waals surface area contributed by atoms with Gasteiger partial charge in [0.1, 0.15) is 5.75 Å². The molecule has 0 aliphatic carbocycles. The zero-order valence-electron chi connectivity index (χ0n) is 21.6. The molecule has 0 unspecified atom stereocenters. The number of rotatable bonds is 9. The second kappa shape index (κ2) is 14.5. The minimum Gasteiger partial charge on any atom is -0.496 e. The molecule has 1 aliphatic heterocycles. The molecule has 0 atom stereocenters. The van der Waals surface area contributed by atoms with Gasteiger partial charge in [-0.25, -0.2) is 9.59 Å². The average molecular weight is 585 g/mol. The fourth-order valence-corrected chi connectivity index (χ4v) is 4.27. The smallest absolute Gasteiger partial charge is 0.414 e. The zero-order chi connectivity index (χ0) is 27.5. The highest BCUT2D eigenvalue weighted by molar-refractivity contribution is 9.10. The summed E-state index contributed by atoms with van der Waals surface area (Å²) in [6.45, 7) is 5.57. The highest BCUT2D eigenvalue weighted by Gasteiger charge is 2.21. The molecule has 0 amide bonds. The highest BCUT2D eigenvalue weighted by Crippen LogP contribution is 2.36. The number of nitrogens with zero attached hydrogens (tertiary/aromatic N) is 2. The second-order valence-electron chi connectivity index (χ2n) is 7.98. The molecule has 2 aromatic rings. The SMILES string of the molecule is COc1cc(OC)c(OC)cc1CN1CCN(Cc2cc(OC)c(OC)cc2Br)CC1.O=C(O)C(=O)O. The summed E-state index contributed by atoms with van der Waals surface area (Å²) in [6, 6.07) is 7.90. The first kappa shape index (κ1) is 30.0. The van der Waals surface area contributed by atoms with Crippen LogP contribution < -0.4 is 23.7 Å². The summed E-state index contributed by atoms with van der Waals surface area (Å²) in [4.78, 5) is 23.1. The van der Waals surface area contributed by atoms with Crippen LogP contribution in [0.4, 0.5) is 0 Å². The van der Waals surface area contributed by atoms with Gasteiger partial charge in [-0.3, -0.25) is 9.80 Å². The number of carbonyl (C=O) groups is 2. The van der Waals surface area contributed by atoms with Gasteiger partial charge < -0.3 is 33.9 Å². The minimum atomic E-state index is -1.82. The maximum atomic E-state index is 9.10. The first-order chi connectivity index (χ1) is 17.7. The molecule has 0 radical (unpaired) electrons. The predicted octanol–water partition coefficient (Wildman–Crippen LogP) is 2.97. The van der Waals surface area contributed by atoms with Gasteiger partial charge in [0, 0.05) is 55.4 Å². The van der Waals surface area contributed by atoms with Crippen molar-refractivity contribution in [1.29, 1.82) is 0 Å². The number of carboxylic acid groups (broad SMARTS) is 2. The van der Waals surface area contributed by atoms with Crippen molar-refractivity contribution in [3.8, 4) is 28.7 Å². The number of benzene rings is 2. The van der Waals surface area contributed by atoms with Crippen LogP contribution in [0.25, 0.3) is 0 Å².